The van der Waals surface area contributed by atoms with Gasteiger partial charge in [-0.25, -0.2) is 9.18 Å². The van der Waals surface area contributed by atoms with E-state index in [1.165, 1.54) is 18.2 Å². The third kappa shape index (κ3) is 1.85. The summed E-state index contributed by atoms with van der Waals surface area (Å²) >= 11 is 0. The fourth-order valence-electron chi connectivity index (χ4n) is 1.22. The molecule has 1 aromatic heterocycles. The third-order valence-corrected chi connectivity index (χ3v) is 1.84. The molecule has 0 bridgehead atoms. The molecule has 0 amide bonds. The Balaban J connectivity index is 2.45. The van der Waals surface area contributed by atoms with Gasteiger partial charge in [-0.1, -0.05) is 12.1 Å². The molecule has 0 saturated heterocycles. The molecule has 1 aromatic carbocycles. The predicted molar refractivity (Wildman–Crippen MR) is 50.5 cm³/mol. The maximum absolute atomic E-state index is 13.4. The number of halogens is 1. The highest BCUT2D eigenvalue weighted by Gasteiger charge is 2.17. The largest absolute Gasteiger partial charge is 0.512 e. The van der Waals surface area contributed by atoms with Gasteiger partial charge in [-0.3, -0.25) is 0 Å². The first kappa shape index (κ1) is 10.2. The van der Waals surface area contributed by atoms with Gasteiger partial charge in [0.25, 0.3) is 5.88 Å². The van der Waals surface area contributed by atoms with Gasteiger partial charge >= 0.3 is 6.16 Å². The number of nitrogens with zero attached hydrogens (tertiary/aromatic N) is 1. The van der Waals surface area contributed by atoms with Crippen molar-refractivity contribution in [3.05, 3.63) is 36.5 Å². The molecule has 1 heterocycles. The second-order valence-corrected chi connectivity index (χ2v) is 2.83. The van der Waals surface area contributed by atoms with Crippen LogP contribution in [-0.4, -0.2) is 16.2 Å². The van der Waals surface area contributed by atoms with Gasteiger partial charge in [-0.2, -0.15) is 4.98 Å². The zero-order chi connectivity index (χ0) is 11.5. The highest BCUT2D eigenvalue weighted by Crippen LogP contribution is 2.30. The summed E-state index contributed by atoms with van der Waals surface area (Å²) in [5.74, 6) is -0.882. The van der Waals surface area contributed by atoms with Crippen LogP contribution in [0.25, 0.3) is 11.3 Å². The number of oxazole rings is 1. The Hall–Kier alpha value is -2.37. The third-order valence-electron chi connectivity index (χ3n) is 1.84. The zero-order valence-corrected chi connectivity index (χ0v) is 7.88. The molecule has 1 N–H and O–H groups in total. The maximum atomic E-state index is 13.4. The molecule has 0 spiro atoms. The Kier molecular flexibility index (Phi) is 2.55. The summed E-state index contributed by atoms with van der Waals surface area (Å²) in [6.45, 7) is 0. The Morgan fingerprint density at radius 2 is 2.19 bits per heavy atom. The lowest BCUT2D eigenvalue weighted by atomic mass is 10.2. The minimum atomic E-state index is -1.54. The fraction of sp³-hybridized carbons (Fsp3) is 0. The average molecular weight is 223 g/mol. The van der Waals surface area contributed by atoms with Crippen LogP contribution in [-0.2, 0) is 0 Å². The quantitative estimate of drug-likeness (QED) is 0.792. The summed E-state index contributed by atoms with van der Waals surface area (Å²) in [7, 11) is 0. The lowest BCUT2D eigenvalue weighted by molar-refractivity contribution is 0.142. The number of hydrogen-bond acceptors (Lipinski definition) is 4. The molecule has 0 aliphatic rings. The van der Waals surface area contributed by atoms with E-state index >= 15 is 0 Å². The molecule has 5 nitrogen and oxygen atoms in total. The highest BCUT2D eigenvalue weighted by molar-refractivity contribution is 5.68. The summed E-state index contributed by atoms with van der Waals surface area (Å²) in [5.41, 5.74) is 0.0938. The number of hydrogen-bond donors (Lipinski definition) is 1. The van der Waals surface area contributed by atoms with Crippen molar-refractivity contribution in [3.8, 4) is 17.2 Å². The fourth-order valence-corrected chi connectivity index (χ4v) is 1.22. The summed E-state index contributed by atoms with van der Waals surface area (Å²) in [6.07, 6.45) is -0.550. The molecule has 0 aliphatic carbocycles. The summed E-state index contributed by atoms with van der Waals surface area (Å²) in [5, 5.41) is 8.43. The normalized spacial score (nSPS) is 10.1. The molecular weight excluding hydrogens is 217 g/mol. The minimum Gasteiger partial charge on any atom is -0.449 e. The van der Waals surface area contributed by atoms with E-state index in [1.807, 2.05) is 0 Å². The van der Waals surface area contributed by atoms with E-state index in [4.69, 9.17) is 9.52 Å². The first-order valence-corrected chi connectivity index (χ1v) is 4.27. The van der Waals surface area contributed by atoms with E-state index < -0.39 is 12.0 Å². The lowest BCUT2D eigenvalue weighted by Gasteiger charge is -2.00. The van der Waals surface area contributed by atoms with Crippen LogP contribution in [0.4, 0.5) is 9.18 Å². The van der Waals surface area contributed by atoms with Crippen LogP contribution in [0.2, 0.25) is 0 Å². The molecule has 0 radical (unpaired) electrons. The van der Waals surface area contributed by atoms with Crippen molar-refractivity contribution in [2.75, 3.05) is 0 Å². The number of carbonyl (C=O) groups is 1. The van der Waals surface area contributed by atoms with Gasteiger partial charge in [0.1, 0.15) is 5.82 Å². The van der Waals surface area contributed by atoms with Crippen molar-refractivity contribution in [2.24, 2.45) is 0 Å². The molecule has 0 fully saturated rings. The molecule has 0 unspecified atom stereocenters. The second kappa shape index (κ2) is 4.01. The minimum absolute atomic E-state index is 0.0551. The van der Waals surface area contributed by atoms with Crippen LogP contribution in [0.1, 0.15) is 0 Å². The summed E-state index contributed by atoms with van der Waals surface area (Å²) in [4.78, 5) is 13.9. The zero-order valence-electron chi connectivity index (χ0n) is 7.88. The molecule has 2 aromatic rings. The highest BCUT2D eigenvalue weighted by atomic mass is 19.1. The topological polar surface area (TPSA) is 72.6 Å². The first-order chi connectivity index (χ1) is 7.68. The average Bonchev–Trinajstić information content (AvgIpc) is 2.66. The van der Waals surface area contributed by atoms with Crippen molar-refractivity contribution >= 4 is 6.16 Å². The number of carboxylic acid groups (broad SMARTS) is 1. The van der Waals surface area contributed by atoms with Crippen LogP contribution >= 0.6 is 0 Å². The van der Waals surface area contributed by atoms with E-state index in [0.717, 1.165) is 6.39 Å². The molecule has 0 atom stereocenters. The van der Waals surface area contributed by atoms with E-state index in [2.05, 4.69) is 9.72 Å². The van der Waals surface area contributed by atoms with Gasteiger partial charge in [0.05, 0.1) is 5.56 Å². The van der Waals surface area contributed by atoms with Gasteiger partial charge in [-0.15, -0.1) is 0 Å². The van der Waals surface area contributed by atoms with E-state index in [-0.39, 0.29) is 17.2 Å². The molecule has 2 rings (SSSR count). The van der Waals surface area contributed by atoms with Crippen LogP contribution in [0, 0.1) is 5.82 Å². The monoisotopic (exact) mass is 223 g/mol. The number of benzene rings is 1. The smallest absolute Gasteiger partial charge is 0.449 e. The Morgan fingerprint density at radius 3 is 2.88 bits per heavy atom. The van der Waals surface area contributed by atoms with Crippen LogP contribution < -0.4 is 4.74 Å². The van der Waals surface area contributed by atoms with Gasteiger partial charge in [0, 0.05) is 0 Å². The molecule has 0 aliphatic heterocycles. The van der Waals surface area contributed by atoms with Gasteiger partial charge in [0.15, 0.2) is 6.39 Å². The van der Waals surface area contributed by atoms with E-state index in [9.17, 15) is 9.18 Å². The predicted octanol–water partition coefficient (Wildman–Crippen LogP) is 2.54. The van der Waals surface area contributed by atoms with E-state index in [1.54, 1.807) is 6.07 Å². The molecule has 82 valence electrons. The Morgan fingerprint density at radius 1 is 1.44 bits per heavy atom. The van der Waals surface area contributed by atoms with Gasteiger partial charge in [-0.05, 0) is 12.1 Å². The van der Waals surface area contributed by atoms with Crippen molar-refractivity contribution < 1.29 is 23.4 Å². The molecular formula is C10H6FNO4. The second-order valence-electron chi connectivity index (χ2n) is 2.83. The Bertz CT molecular complexity index is 523. The van der Waals surface area contributed by atoms with Crippen LogP contribution in [0.3, 0.4) is 0 Å². The van der Waals surface area contributed by atoms with Crippen molar-refractivity contribution in [2.45, 2.75) is 0 Å². The van der Waals surface area contributed by atoms with E-state index in [0.29, 0.717) is 0 Å². The van der Waals surface area contributed by atoms with Gasteiger partial charge in [0.2, 0.25) is 5.76 Å². The van der Waals surface area contributed by atoms with Crippen LogP contribution in [0.5, 0.6) is 5.88 Å². The van der Waals surface area contributed by atoms with Crippen LogP contribution in [0.15, 0.2) is 35.1 Å². The number of aromatic nitrogens is 1. The first-order valence-electron chi connectivity index (χ1n) is 4.27. The molecule has 6 heteroatoms. The van der Waals surface area contributed by atoms with Crippen molar-refractivity contribution in [3.63, 3.8) is 0 Å². The molecule has 0 saturated carbocycles. The molecule has 16 heavy (non-hydrogen) atoms. The number of ether oxygens (including phenoxy) is 1. The van der Waals surface area contributed by atoms with Gasteiger partial charge < -0.3 is 14.3 Å². The van der Waals surface area contributed by atoms with Crippen molar-refractivity contribution in [1.29, 1.82) is 0 Å². The standard InChI is InChI=1S/C10H6FNO4/c11-7-4-2-1-3-6(7)8-9(12-5-15-8)16-10(13)14/h1-5H,(H,13,14). The number of rotatable bonds is 2. The lowest BCUT2D eigenvalue weighted by Crippen LogP contribution is -2.04. The van der Waals surface area contributed by atoms with Crippen molar-refractivity contribution in [1.82, 2.24) is 4.98 Å². The summed E-state index contributed by atoms with van der Waals surface area (Å²) in [6, 6.07) is 5.76. The SMILES string of the molecule is O=C(O)Oc1ncoc1-c1ccccc1F. The maximum Gasteiger partial charge on any atom is 0.512 e. The summed E-state index contributed by atoms with van der Waals surface area (Å²) < 4.78 is 22.6. The Labute approximate surface area is 89.1 Å².